The molecule has 1 aliphatic rings. The van der Waals surface area contributed by atoms with Gasteiger partial charge >= 0.3 is 0 Å². The lowest BCUT2D eigenvalue weighted by atomic mass is 9.89. The molecule has 3 aromatic rings. The molecule has 2 aromatic carbocycles. The van der Waals surface area contributed by atoms with Crippen molar-refractivity contribution < 1.29 is 13.9 Å². The van der Waals surface area contributed by atoms with Gasteiger partial charge in [-0.3, -0.25) is 4.79 Å². The number of carbonyl (C=O) groups is 1. The number of rotatable bonds is 6. The molecule has 0 radical (unpaired) electrons. The number of piperidine rings is 1. The van der Waals surface area contributed by atoms with E-state index < -0.39 is 5.82 Å². The predicted octanol–water partition coefficient (Wildman–Crippen LogP) is 3.93. The van der Waals surface area contributed by atoms with E-state index in [0.29, 0.717) is 18.0 Å². The van der Waals surface area contributed by atoms with Crippen molar-refractivity contribution in [1.82, 2.24) is 15.2 Å². The van der Waals surface area contributed by atoms with E-state index in [4.69, 9.17) is 4.74 Å². The number of aromatic nitrogens is 1. The second-order valence-electron chi connectivity index (χ2n) is 7.51. The first-order valence-electron chi connectivity index (χ1n) is 10.1. The molecule has 1 fully saturated rings. The van der Waals surface area contributed by atoms with Crippen LogP contribution in [-0.2, 0) is 0 Å². The third kappa shape index (κ3) is 4.27. The van der Waals surface area contributed by atoms with Crippen molar-refractivity contribution in [3.8, 4) is 5.75 Å². The number of nitrogens with zero attached hydrogens (tertiary/aromatic N) is 1. The average molecular weight is 395 g/mol. The molecule has 0 saturated carbocycles. The minimum Gasteiger partial charge on any atom is -0.496 e. The fourth-order valence-corrected chi connectivity index (χ4v) is 4.17. The van der Waals surface area contributed by atoms with Crippen molar-refractivity contribution in [2.24, 2.45) is 0 Å². The number of halogens is 1. The number of H-pyrrole nitrogens is 1. The highest BCUT2D eigenvalue weighted by Gasteiger charge is 2.22. The molecule has 0 unspecified atom stereocenters. The van der Waals surface area contributed by atoms with Crippen LogP contribution in [-0.4, -0.2) is 49.1 Å². The number of hydrogen-bond acceptors (Lipinski definition) is 3. The van der Waals surface area contributed by atoms with E-state index in [-0.39, 0.29) is 11.7 Å². The van der Waals surface area contributed by atoms with Gasteiger partial charge in [0, 0.05) is 36.3 Å². The number of fused-ring (bicyclic) bond motifs is 1. The second-order valence-corrected chi connectivity index (χ2v) is 7.51. The summed E-state index contributed by atoms with van der Waals surface area (Å²) in [6.07, 6.45) is 4.38. The van der Waals surface area contributed by atoms with Crippen LogP contribution in [0, 0.1) is 5.82 Å². The number of carbonyl (C=O) groups excluding carboxylic acids is 1. The van der Waals surface area contributed by atoms with Crippen LogP contribution in [0.25, 0.3) is 10.9 Å². The van der Waals surface area contributed by atoms with Gasteiger partial charge in [0.25, 0.3) is 5.91 Å². The lowest BCUT2D eigenvalue weighted by Crippen LogP contribution is -2.39. The zero-order valence-electron chi connectivity index (χ0n) is 16.6. The Morgan fingerprint density at radius 3 is 2.83 bits per heavy atom. The van der Waals surface area contributed by atoms with Crippen molar-refractivity contribution in [2.45, 2.75) is 18.8 Å². The van der Waals surface area contributed by atoms with Crippen LogP contribution < -0.4 is 10.1 Å². The van der Waals surface area contributed by atoms with Gasteiger partial charge in [-0.15, -0.1) is 0 Å². The summed E-state index contributed by atoms with van der Waals surface area (Å²) in [5.41, 5.74) is 2.97. The van der Waals surface area contributed by atoms with Crippen LogP contribution in [0.5, 0.6) is 5.75 Å². The fraction of sp³-hybridized carbons (Fsp3) is 0.348. The van der Waals surface area contributed by atoms with E-state index in [1.807, 2.05) is 0 Å². The van der Waals surface area contributed by atoms with Crippen molar-refractivity contribution in [3.05, 3.63) is 65.6 Å². The van der Waals surface area contributed by atoms with Crippen LogP contribution in [0.1, 0.15) is 34.7 Å². The summed E-state index contributed by atoms with van der Waals surface area (Å²) in [6.45, 7) is 3.38. The first-order valence-corrected chi connectivity index (χ1v) is 10.1. The summed E-state index contributed by atoms with van der Waals surface area (Å²) >= 11 is 0. The number of nitrogens with one attached hydrogen (secondary N) is 2. The number of methoxy groups -OCH3 is 1. The zero-order valence-corrected chi connectivity index (χ0v) is 16.6. The average Bonchev–Trinajstić information content (AvgIpc) is 3.18. The summed E-state index contributed by atoms with van der Waals surface area (Å²) in [4.78, 5) is 18.1. The van der Waals surface area contributed by atoms with Gasteiger partial charge in [-0.05, 0) is 55.6 Å². The van der Waals surface area contributed by atoms with E-state index in [9.17, 15) is 9.18 Å². The standard InChI is InChI=1S/C23H26FN3O2/c1-29-22-14-17(24)6-7-19(22)23(28)25-10-13-27-11-8-16(9-12-27)20-15-26-21-5-3-2-4-18(20)21/h2-7,14-16,26H,8-13H2,1H3,(H,25,28). The van der Waals surface area contributed by atoms with E-state index in [0.717, 1.165) is 32.5 Å². The SMILES string of the molecule is COc1cc(F)ccc1C(=O)NCCN1CCC(c2c[nH]c3ccccc23)CC1. The Kier molecular flexibility index (Phi) is 5.81. The van der Waals surface area contributed by atoms with Gasteiger partial charge in [0.05, 0.1) is 12.7 Å². The molecule has 1 aliphatic heterocycles. The Hall–Kier alpha value is -2.86. The molecule has 6 heteroatoms. The normalized spacial score (nSPS) is 15.5. The lowest BCUT2D eigenvalue weighted by molar-refractivity contribution is 0.0942. The molecule has 1 amide bonds. The Labute approximate surface area is 169 Å². The van der Waals surface area contributed by atoms with Gasteiger partial charge in [-0.2, -0.15) is 0 Å². The number of likely N-dealkylation sites (tertiary alicyclic amines) is 1. The van der Waals surface area contributed by atoms with Gasteiger partial charge < -0.3 is 19.9 Å². The number of benzene rings is 2. The maximum absolute atomic E-state index is 13.3. The van der Waals surface area contributed by atoms with Gasteiger partial charge in [-0.25, -0.2) is 4.39 Å². The smallest absolute Gasteiger partial charge is 0.255 e. The third-order valence-corrected chi connectivity index (χ3v) is 5.77. The van der Waals surface area contributed by atoms with Gasteiger partial charge in [0.15, 0.2) is 0 Å². The molecule has 29 heavy (non-hydrogen) atoms. The molecular formula is C23H26FN3O2. The molecule has 2 N–H and O–H groups in total. The monoisotopic (exact) mass is 395 g/mol. The molecule has 0 bridgehead atoms. The number of amides is 1. The first kappa shape index (κ1) is 19.5. The fourth-order valence-electron chi connectivity index (χ4n) is 4.17. The van der Waals surface area contributed by atoms with Crippen LogP contribution in [0.15, 0.2) is 48.7 Å². The molecule has 4 rings (SSSR count). The van der Waals surface area contributed by atoms with Crippen LogP contribution in [0.4, 0.5) is 4.39 Å². The highest BCUT2D eigenvalue weighted by atomic mass is 19.1. The van der Waals surface area contributed by atoms with Gasteiger partial charge in [-0.1, -0.05) is 18.2 Å². The summed E-state index contributed by atoms with van der Waals surface area (Å²) in [5.74, 6) is 0.162. The van der Waals surface area contributed by atoms with Crippen molar-refractivity contribution in [1.29, 1.82) is 0 Å². The van der Waals surface area contributed by atoms with Gasteiger partial charge in [0.1, 0.15) is 11.6 Å². The summed E-state index contributed by atoms with van der Waals surface area (Å²) in [7, 11) is 1.43. The van der Waals surface area contributed by atoms with Crippen molar-refractivity contribution >= 4 is 16.8 Å². The van der Waals surface area contributed by atoms with Gasteiger partial charge in [0.2, 0.25) is 0 Å². The predicted molar refractivity (Wildman–Crippen MR) is 112 cm³/mol. The number of hydrogen-bond donors (Lipinski definition) is 2. The maximum Gasteiger partial charge on any atom is 0.255 e. The minimum absolute atomic E-state index is 0.240. The molecule has 0 atom stereocenters. The molecule has 1 saturated heterocycles. The Morgan fingerprint density at radius 1 is 1.24 bits per heavy atom. The largest absolute Gasteiger partial charge is 0.496 e. The third-order valence-electron chi connectivity index (χ3n) is 5.77. The van der Waals surface area contributed by atoms with Crippen LogP contribution in [0.2, 0.25) is 0 Å². The summed E-state index contributed by atoms with van der Waals surface area (Å²) in [6, 6.07) is 12.4. The molecule has 1 aromatic heterocycles. The Balaban J connectivity index is 1.27. The summed E-state index contributed by atoms with van der Waals surface area (Å²) in [5, 5.41) is 4.24. The second kappa shape index (κ2) is 8.66. The lowest BCUT2D eigenvalue weighted by Gasteiger charge is -2.32. The van der Waals surface area contributed by atoms with E-state index in [2.05, 4.69) is 45.7 Å². The van der Waals surface area contributed by atoms with Crippen LogP contribution >= 0.6 is 0 Å². The molecule has 2 heterocycles. The quantitative estimate of drug-likeness (QED) is 0.665. The number of ether oxygens (including phenoxy) is 1. The zero-order chi connectivity index (χ0) is 20.2. The molecule has 152 valence electrons. The van der Waals surface area contributed by atoms with Crippen LogP contribution in [0.3, 0.4) is 0 Å². The van der Waals surface area contributed by atoms with E-state index in [1.54, 1.807) is 0 Å². The minimum atomic E-state index is -0.420. The number of para-hydroxylation sites is 1. The Morgan fingerprint density at radius 2 is 2.03 bits per heavy atom. The molecule has 0 aliphatic carbocycles. The molecule has 0 spiro atoms. The highest BCUT2D eigenvalue weighted by molar-refractivity contribution is 5.96. The van der Waals surface area contributed by atoms with Crippen molar-refractivity contribution in [3.63, 3.8) is 0 Å². The maximum atomic E-state index is 13.3. The first-order chi connectivity index (χ1) is 14.2. The highest BCUT2D eigenvalue weighted by Crippen LogP contribution is 2.32. The molecular weight excluding hydrogens is 369 g/mol. The van der Waals surface area contributed by atoms with E-state index in [1.165, 1.54) is 41.8 Å². The number of aromatic amines is 1. The van der Waals surface area contributed by atoms with Crippen molar-refractivity contribution in [2.75, 3.05) is 33.3 Å². The van der Waals surface area contributed by atoms with E-state index >= 15 is 0 Å². The summed E-state index contributed by atoms with van der Waals surface area (Å²) < 4.78 is 18.4. The topological polar surface area (TPSA) is 57.4 Å². The Bertz CT molecular complexity index is 993. The molecule has 5 nitrogen and oxygen atoms in total.